The molecule has 3 aromatic heterocycles. The second kappa shape index (κ2) is 7.40. The Balaban J connectivity index is 1.32. The zero-order valence-corrected chi connectivity index (χ0v) is 15.7. The van der Waals surface area contributed by atoms with Gasteiger partial charge in [0, 0.05) is 24.0 Å². The van der Waals surface area contributed by atoms with Gasteiger partial charge in [-0.05, 0) is 50.1 Å². The van der Waals surface area contributed by atoms with Crippen molar-refractivity contribution in [2.24, 2.45) is 0 Å². The third kappa shape index (κ3) is 3.80. The van der Waals surface area contributed by atoms with Gasteiger partial charge < -0.3 is 14.6 Å². The molecule has 2 amide bonds. The van der Waals surface area contributed by atoms with Crippen molar-refractivity contribution in [2.45, 2.75) is 25.8 Å². The van der Waals surface area contributed by atoms with E-state index in [-0.39, 0.29) is 17.9 Å². The number of carbonyl (C=O) groups is 2. The van der Waals surface area contributed by atoms with Gasteiger partial charge in [0.15, 0.2) is 11.5 Å². The van der Waals surface area contributed by atoms with Crippen molar-refractivity contribution < 1.29 is 14.0 Å². The minimum atomic E-state index is -0.193. The summed E-state index contributed by atoms with van der Waals surface area (Å²) in [5.74, 6) is 0.0555. The van der Waals surface area contributed by atoms with Crippen LogP contribution in [0.2, 0.25) is 0 Å². The number of nitrogens with zero attached hydrogens (tertiary/aromatic N) is 2. The van der Waals surface area contributed by atoms with E-state index in [2.05, 4.69) is 15.5 Å². The number of hydrogen-bond acceptors (Lipinski definition) is 5. The van der Waals surface area contributed by atoms with E-state index in [1.165, 1.54) is 11.1 Å². The van der Waals surface area contributed by atoms with Crippen molar-refractivity contribution >= 4 is 23.2 Å². The predicted octanol–water partition coefficient (Wildman–Crippen LogP) is 3.07. The topological polar surface area (TPSA) is 91.2 Å². The van der Waals surface area contributed by atoms with Crippen LogP contribution in [-0.2, 0) is 0 Å². The smallest absolute Gasteiger partial charge is 0.289 e. The molecule has 0 atom stereocenters. The molecule has 1 aliphatic heterocycles. The number of rotatable bonds is 4. The largest absolute Gasteiger partial charge is 0.459 e. The molecule has 0 radical (unpaired) electrons. The van der Waals surface area contributed by atoms with Crippen molar-refractivity contribution in [3.8, 4) is 10.6 Å². The molecule has 3 aromatic rings. The summed E-state index contributed by atoms with van der Waals surface area (Å²) >= 11 is 1.66. The van der Waals surface area contributed by atoms with Crippen LogP contribution in [0.25, 0.3) is 10.6 Å². The quantitative estimate of drug-likeness (QED) is 0.723. The monoisotopic (exact) mass is 384 g/mol. The summed E-state index contributed by atoms with van der Waals surface area (Å²) in [6.07, 6.45) is 2.91. The first-order valence-corrected chi connectivity index (χ1v) is 9.67. The van der Waals surface area contributed by atoms with Crippen molar-refractivity contribution in [1.82, 2.24) is 20.4 Å². The summed E-state index contributed by atoms with van der Waals surface area (Å²) in [7, 11) is 0. The molecule has 1 fully saturated rings. The second-order valence-corrected chi connectivity index (χ2v) is 7.88. The highest BCUT2D eigenvalue weighted by molar-refractivity contribution is 7.15. The number of carbonyl (C=O) groups excluding carboxylic acids is 2. The Kier molecular flexibility index (Phi) is 4.81. The van der Waals surface area contributed by atoms with Gasteiger partial charge in [0.05, 0.1) is 16.8 Å². The second-order valence-electron chi connectivity index (χ2n) is 6.59. The van der Waals surface area contributed by atoms with Crippen molar-refractivity contribution in [2.75, 3.05) is 13.1 Å². The van der Waals surface area contributed by atoms with Gasteiger partial charge in [-0.2, -0.15) is 5.10 Å². The average molecular weight is 384 g/mol. The highest BCUT2D eigenvalue weighted by atomic mass is 32.1. The van der Waals surface area contributed by atoms with Gasteiger partial charge in [0.2, 0.25) is 0 Å². The molecule has 0 saturated carbocycles. The zero-order chi connectivity index (χ0) is 18.8. The molecule has 0 aliphatic carbocycles. The van der Waals surface area contributed by atoms with Crippen LogP contribution in [0.1, 0.15) is 38.8 Å². The molecule has 0 unspecified atom stereocenters. The molecule has 1 aliphatic rings. The fourth-order valence-electron chi connectivity index (χ4n) is 3.19. The van der Waals surface area contributed by atoms with Crippen molar-refractivity contribution in [3.63, 3.8) is 0 Å². The fourth-order valence-corrected chi connectivity index (χ4v) is 4.02. The molecule has 4 heterocycles. The number of aromatic amines is 1. The SMILES string of the molecule is Cc1ccc(-c2cc(C(=O)NC3CCN(C(=O)c4ccco4)CC3)n[nH]2)s1. The first-order valence-electron chi connectivity index (χ1n) is 8.86. The molecule has 0 aromatic carbocycles. The lowest BCUT2D eigenvalue weighted by Crippen LogP contribution is -2.46. The van der Waals surface area contributed by atoms with Crippen molar-refractivity contribution in [3.05, 3.63) is 52.9 Å². The van der Waals surface area contributed by atoms with Gasteiger partial charge in [-0.3, -0.25) is 14.7 Å². The minimum Gasteiger partial charge on any atom is -0.459 e. The van der Waals surface area contributed by atoms with E-state index in [0.29, 0.717) is 37.4 Å². The molecule has 4 rings (SSSR count). The van der Waals surface area contributed by atoms with E-state index >= 15 is 0 Å². The Morgan fingerprint density at radius 1 is 1.30 bits per heavy atom. The number of aryl methyl sites for hydroxylation is 1. The first-order chi connectivity index (χ1) is 13.1. The van der Waals surface area contributed by atoms with E-state index in [9.17, 15) is 9.59 Å². The highest BCUT2D eigenvalue weighted by Crippen LogP contribution is 2.26. The summed E-state index contributed by atoms with van der Waals surface area (Å²) in [5, 5.41) is 10.1. The summed E-state index contributed by atoms with van der Waals surface area (Å²) in [5.41, 5.74) is 1.22. The number of nitrogens with one attached hydrogen (secondary N) is 2. The highest BCUT2D eigenvalue weighted by Gasteiger charge is 2.26. The van der Waals surface area contributed by atoms with E-state index in [1.54, 1.807) is 34.4 Å². The van der Waals surface area contributed by atoms with Crippen LogP contribution in [0.4, 0.5) is 0 Å². The molecule has 0 spiro atoms. The van der Waals surface area contributed by atoms with E-state index in [1.807, 2.05) is 19.1 Å². The number of furan rings is 1. The van der Waals surface area contributed by atoms with Gasteiger partial charge >= 0.3 is 0 Å². The minimum absolute atomic E-state index is 0.0299. The molecule has 7 nitrogen and oxygen atoms in total. The molecule has 0 bridgehead atoms. The Bertz CT molecular complexity index is 936. The van der Waals surface area contributed by atoms with Crippen molar-refractivity contribution in [1.29, 1.82) is 0 Å². The Morgan fingerprint density at radius 2 is 2.11 bits per heavy atom. The first kappa shape index (κ1) is 17.5. The number of thiophene rings is 1. The number of likely N-dealkylation sites (tertiary alicyclic amines) is 1. The normalized spacial score (nSPS) is 15.1. The third-order valence-corrected chi connectivity index (χ3v) is 5.70. The molecule has 1 saturated heterocycles. The lowest BCUT2D eigenvalue weighted by atomic mass is 10.0. The van der Waals surface area contributed by atoms with Crippen LogP contribution in [0.15, 0.2) is 41.0 Å². The van der Waals surface area contributed by atoms with Crippen LogP contribution >= 0.6 is 11.3 Å². The van der Waals surface area contributed by atoms with Crippen LogP contribution in [0, 0.1) is 6.92 Å². The van der Waals surface area contributed by atoms with E-state index < -0.39 is 0 Å². The number of hydrogen-bond donors (Lipinski definition) is 2. The van der Waals surface area contributed by atoms with Gasteiger partial charge in [-0.1, -0.05) is 0 Å². The summed E-state index contributed by atoms with van der Waals surface area (Å²) < 4.78 is 5.17. The Morgan fingerprint density at radius 3 is 2.78 bits per heavy atom. The van der Waals surface area contributed by atoms with Gasteiger partial charge in [0.25, 0.3) is 11.8 Å². The number of H-pyrrole nitrogens is 1. The standard InChI is InChI=1S/C19H20N4O3S/c1-12-4-5-17(27-12)14-11-15(22-21-14)18(24)20-13-6-8-23(9-7-13)19(25)16-3-2-10-26-16/h2-5,10-11,13H,6-9H2,1H3,(H,20,24)(H,21,22). The summed E-state index contributed by atoms with van der Waals surface area (Å²) in [6, 6.07) is 9.23. The number of amides is 2. The van der Waals surface area contributed by atoms with Crippen LogP contribution in [0.5, 0.6) is 0 Å². The fraction of sp³-hybridized carbons (Fsp3) is 0.316. The van der Waals surface area contributed by atoms with Gasteiger partial charge in [-0.25, -0.2) is 0 Å². The van der Waals surface area contributed by atoms with Crippen LogP contribution in [0.3, 0.4) is 0 Å². The maximum absolute atomic E-state index is 12.5. The van der Waals surface area contributed by atoms with Gasteiger partial charge in [0.1, 0.15) is 0 Å². The molecule has 27 heavy (non-hydrogen) atoms. The Labute approximate surface area is 160 Å². The maximum Gasteiger partial charge on any atom is 0.289 e. The average Bonchev–Trinajstić information content (AvgIpc) is 3.43. The molecular formula is C19H20N4O3S. The third-order valence-electron chi connectivity index (χ3n) is 4.67. The lowest BCUT2D eigenvalue weighted by molar-refractivity contribution is 0.0667. The van der Waals surface area contributed by atoms with E-state index in [0.717, 1.165) is 10.6 Å². The summed E-state index contributed by atoms with van der Waals surface area (Å²) in [4.78, 5) is 28.8. The number of aromatic nitrogens is 2. The Hall–Kier alpha value is -2.87. The maximum atomic E-state index is 12.5. The lowest BCUT2D eigenvalue weighted by Gasteiger charge is -2.31. The van der Waals surface area contributed by atoms with E-state index in [4.69, 9.17) is 4.42 Å². The van der Waals surface area contributed by atoms with Crippen LogP contribution < -0.4 is 5.32 Å². The molecule has 2 N–H and O–H groups in total. The van der Waals surface area contributed by atoms with Gasteiger partial charge in [-0.15, -0.1) is 11.3 Å². The molecule has 140 valence electrons. The molecular weight excluding hydrogens is 364 g/mol. The van der Waals surface area contributed by atoms with Crippen LogP contribution in [-0.4, -0.2) is 46.0 Å². The number of piperidine rings is 1. The predicted molar refractivity (Wildman–Crippen MR) is 102 cm³/mol. The summed E-state index contributed by atoms with van der Waals surface area (Å²) in [6.45, 7) is 3.22. The molecule has 8 heteroatoms. The zero-order valence-electron chi connectivity index (χ0n) is 14.9.